The summed E-state index contributed by atoms with van der Waals surface area (Å²) < 4.78 is 1.91. The van der Waals surface area contributed by atoms with Gasteiger partial charge < -0.3 is 0 Å². The third-order valence-electron chi connectivity index (χ3n) is 5.57. The van der Waals surface area contributed by atoms with Crippen LogP contribution in [0.5, 0.6) is 0 Å². The Hall–Kier alpha value is -2.79. The molecule has 2 aromatic carbocycles. The van der Waals surface area contributed by atoms with Gasteiger partial charge in [-0.3, -0.25) is 4.90 Å². The number of aryl methyl sites for hydroxylation is 1. The van der Waals surface area contributed by atoms with Crippen molar-refractivity contribution in [2.24, 2.45) is 0 Å². The van der Waals surface area contributed by atoms with Gasteiger partial charge >= 0.3 is 0 Å². The fourth-order valence-electron chi connectivity index (χ4n) is 4.30. The number of aromatic nitrogens is 4. The minimum atomic E-state index is 0.463. The van der Waals surface area contributed by atoms with Crippen molar-refractivity contribution in [2.45, 2.75) is 32.2 Å². The Labute approximate surface area is 158 Å². The molecular weight excluding hydrogens is 334 g/mol. The van der Waals surface area contributed by atoms with Gasteiger partial charge in [-0.25, -0.2) is 4.98 Å². The normalized spacial score (nSPS) is 18.3. The minimum Gasteiger partial charge on any atom is -0.298 e. The van der Waals surface area contributed by atoms with Crippen LogP contribution in [0.1, 0.15) is 35.7 Å². The largest absolute Gasteiger partial charge is 0.298 e. The summed E-state index contributed by atoms with van der Waals surface area (Å²) in [6.07, 6.45) is 4.13. The zero-order valence-corrected chi connectivity index (χ0v) is 15.5. The Kier molecular flexibility index (Phi) is 4.09. The number of hydrogen-bond acceptors (Lipinski definition) is 4. The molecule has 27 heavy (non-hydrogen) atoms. The number of hydrogen-bond donors (Lipinski definition) is 0. The van der Waals surface area contributed by atoms with Crippen LogP contribution in [0.2, 0.25) is 0 Å². The van der Waals surface area contributed by atoms with Crippen LogP contribution in [0, 0.1) is 6.92 Å². The van der Waals surface area contributed by atoms with E-state index in [-0.39, 0.29) is 0 Å². The molecule has 1 atom stereocenters. The summed E-state index contributed by atoms with van der Waals surface area (Å²) in [6, 6.07) is 17.6. The van der Waals surface area contributed by atoms with Crippen LogP contribution in [0.4, 0.5) is 0 Å². The van der Waals surface area contributed by atoms with Crippen molar-refractivity contribution in [3.63, 3.8) is 0 Å². The van der Waals surface area contributed by atoms with E-state index in [1.54, 1.807) is 6.20 Å². The summed E-state index contributed by atoms with van der Waals surface area (Å²) in [4.78, 5) is 7.10. The molecule has 136 valence electrons. The second-order valence-corrected chi connectivity index (χ2v) is 7.58. The van der Waals surface area contributed by atoms with Crippen LogP contribution >= 0.6 is 0 Å². The summed E-state index contributed by atoms with van der Waals surface area (Å²) in [7, 11) is 0. The monoisotopic (exact) mass is 357 g/mol. The second kappa shape index (κ2) is 6.74. The van der Waals surface area contributed by atoms with Gasteiger partial charge in [-0.1, -0.05) is 41.6 Å². The minimum absolute atomic E-state index is 0.463. The molecule has 1 saturated heterocycles. The van der Waals surface area contributed by atoms with E-state index >= 15 is 0 Å². The van der Waals surface area contributed by atoms with Crippen molar-refractivity contribution in [1.29, 1.82) is 0 Å². The average Bonchev–Trinajstić information content (AvgIpc) is 3.16. The van der Waals surface area contributed by atoms with E-state index in [9.17, 15) is 0 Å². The van der Waals surface area contributed by atoms with E-state index in [0.717, 1.165) is 31.0 Å². The average molecular weight is 357 g/mol. The Morgan fingerprint density at radius 3 is 2.89 bits per heavy atom. The number of likely N-dealkylation sites (tertiary alicyclic amines) is 1. The molecule has 3 heterocycles. The van der Waals surface area contributed by atoms with Crippen LogP contribution in [-0.2, 0) is 6.54 Å². The van der Waals surface area contributed by atoms with Crippen LogP contribution < -0.4 is 0 Å². The highest BCUT2D eigenvalue weighted by Crippen LogP contribution is 2.28. The summed E-state index contributed by atoms with van der Waals surface area (Å²) in [6.45, 7) is 5.23. The van der Waals surface area contributed by atoms with E-state index in [0.29, 0.717) is 5.92 Å². The molecule has 4 aromatic rings. The molecule has 0 spiro atoms. The van der Waals surface area contributed by atoms with E-state index in [1.807, 2.05) is 11.4 Å². The van der Waals surface area contributed by atoms with Crippen LogP contribution in [0.25, 0.3) is 16.4 Å². The summed E-state index contributed by atoms with van der Waals surface area (Å²) in [5, 5.41) is 10.9. The maximum Gasteiger partial charge on any atom is 0.176 e. The molecule has 5 heteroatoms. The lowest BCUT2D eigenvalue weighted by Crippen LogP contribution is -2.34. The maximum atomic E-state index is 4.53. The first kappa shape index (κ1) is 16.4. The molecule has 0 amide bonds. The molecule has 0 saturated carbocycles. The molecule has 2 aromatic heterocycles. The first-order chi connectivity index (χ1) is 13.3. The lowest BCUT2D eigenvalue weighted by atomic mass is 9.93. The second-order valence-electron chi connectivity index (χ2n) is 7.58. The van der Waals surface area contributed by atoms with Gasteiger partial charge in [0.25, 0.3) is 0 Å². The van der Waals surface area contributed by atoms with Gasteiger partial charge in [-0.2, -0.15) is 4.52 Å². The highest BCUT2D eigenvalue weighted by molar-refractivity contribution is 5.82. The van der Waals surface area contributed by atoms with E-state index in [2.05, 4.69) is 68.7 Å². The summed E-state index contributed by atoms with van der Waals surface area (Å²) >= 11 is 0. The zero-order valence-electron chi connectivity index (χ0n) is 15.5. The smallest absolute Gasteiger partial charge is 0.176 e. The van der Waals surface area contributed by atoms with Gasteiger partial charge in [0.1, 0.15) is 0 Å². The van der Waals surface area contributed by atoms with Crippen molar-refractivity contribution in [2.75, 3.05) is 13.1 Å². The van der Waals surface area contributed by atoms with Crippen molar-refractivity contribution >= 4 is 16.4 Å². The Morgan fingerprint density at radius 1 is 1.07 bits per heavy atom. The molecule has 0 unspecified atom stereocenters. The van der Waals surface area contributed by atoms with Gasteiger partial charge in [-0.15, -0.1) is 5.10 Å². The zero-order chi connectivity index (χ0) is 18.2. The van der Waals surface area contributed by atoms with Crippen molar-refractivity contribution in [3.05, 3.63) is 71.7 Å². The summed E-state index contributed by atoms with van der Waals surface area (Å²) in [5.41, 5.74) is 4.49. The fourth-order valence-corrected chi connectivity index (χ4v) is 4.30. The standard InChI is InChI=1S/C22H23N5/c1-16-11-21(27-22(24-16)13-23-25-27)20-7-4-10-26(15-20)14-17-8-9-18-5-2-3-6-19(18)12-17/h2-3,5-6,8-9,11-13,20H,4,7,10,14-15H2,1H3/t20-/m0/s1. The molecule has 0 N–H and O–H groups in total. The van der Waals surface area contributed by atoms with Gasteiger partial charge in [0.05, 0.1) is 11.9 Å². The molecular formula is C22H23N5. The van der Waals surface area contributed by atoms with E-state index < -0.39 is 0 Å². The highest BCUT2D eigenvalue weighted by atomic mass is 15.4. The SMILES string of the molecule is Cc1cc([C@H]2CCCN(Cc3ccc4ccccc4c3)C2)n2nncc2n1. The predicted octanol–water partition coefficient (Wildman–Crippen LogP) is 3.97. The van der Waals surface area contributed by atoms with Crippen LogP contribution in [0.15, 0.2) is 54.7 Å². The number of rotatable bonds is 3. The molecule has 1 aliphatic heterocycles. The van der Waals surface area contributed by atoms with Gasteiger partial charge in [0, 0.05) is 24.7 Å². The molecule has 5 nitrogen and oxygen atoms in total. The van der Waals surface area contributed by atoms with Gasteiger partial charge in [-0.05, 0) is 54.8 Å². The Balaban J connectivity index is 1.39. The predicted molar refractivity (Wildman–Crippen MR) is 107 cm³/mol. The highest BCUT2D eigenvalue weighted by Gasteiger charge is 2.24. The van der Waals surface area contributed by atoms with Crippen molar-refractivity contribution in [3.8, 4) is 0 Å². The molecule has 1 aliphatic rings. The molecule has 0 bridgehead atoms. The first-order valence-electron chi connectivity index (χ1n) is 9.64. The molecule has 5 rings (SSSR count). The lowest BCUT2D eigenvalue weighted by Gasteiger charge is -2.33. The van der Waals surface area contributed by atoms with Crippen LogP contribution in [-0.4, -0.2) is 37.8 Å². The van der Waals surface area contributed by atoms with Gasteiger partial charge in [0.2, 0.25) is 0 Å². The Bertz CT molecular complexity index is 1100. The van der Waals surface area contributed by atoms with Crippen molar-refractivity contribution in [1.82, 2.24) is 24.7 Å². The third kappa shape index (κ3) is 3.19. The molecule has 0 radical (unpaired) electrons. The third-order valence-corrected chi connectivity index (χ3v) is 5.57. The van der Waals surface area contributed by atoms with Crippen LogP contribution in [0.3, 0.4) is 0 Å². The van der Waals surface area contributed by atoms with E-state index in [4.69, 9.17) is 0 Å². The maximum absolute atomic E-state index is 4.53. The lowest BCUT2D eigenvalue weighted by molar-refractivity contribution is 0.197. The number of benzene rings is 2. The molecule has 0 aliphatic carbocycles. The van der Waals surface area contributed by atoms with Crippen molar-refractivity contribution < 1.29 is 0 Å². The Morgan fingerprint density at radius 2 is 1.96 bits per heavy atom. The number of nitrogens with zero attached hydrogens (tertiary/aromatic N) is 5. The first-order valence-corrected chi connectivity index (χ1v) is 9.64. The molecule has 1 fully saturated rings. The quantitative estimate of drug-likeness (QED) is 0.557. The topological polar surface area (TPSA) is 46.3 Å². The number of piperidine rings is 1. The van der Waals surface area contributed by atoms with E-state index in [1.165, 1.54) is 34.9 Å². The number of fused-ring (bicyclic) bond motifs is 2. The van der Waals surface area contributed by atoms with Gasteiger partial charge in [0.15, 0.2) is 5.65 Å². The fraction of sp³-hybridized carbons (Fsp3) is 0.318. The summed E-state index contributed by atoms with van der Waals surface area (Å²) in [5.74, 6) is 0.463.